The Hall–Kier alpha value is -1.76. The average Bonchev–Trinajstić information content (AvgIpc) is 2.71. The van der Waals surface area contributed by atoms with Gasteiger partial charge in [-0.2, -0.15) is 0 Å². The normalized spacial score (nSPS) is 27.4. The first kappa shape index (κ1) is 21.9. The molecule has 2 heterocycles. The van der Waals surface area contributed by atoms with Gasteiger partial charge in [0, 0.05) is 6.61 Å². The molecule has 0 radical (unpaired) electrons. The zero-order valence-corrected chi connectivity index (χ0v) is 17.7. The van der Waals surface area contributed by atoms with E-state index in [2.05, 4.69) is 6.07 Å². The fraction of sp³-hybridized carbons (Fsp3) is 0.652. The number of ether oxygens (including phenoxy) is 3. The monoisotopic (exact) mass is 403 g/mol. The number of benzene rings is 1. The van der Waals surface area contributed by atoms with E-state index in [1.807, 2.05) is 39.0 Å². The van der Waals surface area contributed by atoms with Crippen LogP contribution in [0, 0.1) is 5.41 Å². The fourth-order valence-electron chi connectivity index (χ4n) is 4.38. The Morgan fingerprint density at radius 3 is 2.59 bits per heavy atom. The smallest absolute Gasteiger partial charge is 0.332 e. The molecule has 29 heavy (non-hydrogen) atoms. The first-order valence-corrected chi connectivity index (χ1v) is 10.4. The van der Waals surface area contributed by atoms with Crippen LogP contribution in [-0.4, -0.2) is 37.7 Å². The average molecular weight is 404 g/mol. The molecule has 4 rings (SSSR count). The number of nitrogens with two attached hydrogens (primary N) is 1. The van der Waals surface area contributed by atoms with Crippen LogP contribution in [0.2, 0.25) is 0 Å². The van der Waals surface area contributed by atoms with Gasteiger partial charge in [0.1, 0.15) is 18.5 Å². The Morgan fingerprint density at radius 2 is 2.00 bits per heavy atom. The van der Waals surface area contributed by atoms with E-state index in [1.54, 1.807) is 0 Å². The second kappa shape index (κ2) is 8.54. The summed E-state index contributed by atoms with van der Waals surface area (Å²) < 4.78 is 17.2. The minimum absolute atomic E-state index is 0.0120. The first-order valence-electron chi connectivity index (χ1n) is 10.4. The molecule has 0 aromatic heterocycles. The molecule has 0 spiro atoms. The van der Waals surface area contributed by atoms with Crippen LogP contribution in [0.3, 0.4) is 0 Å². The van der Waals surface area contributed by atoms with Gasteiger partial charge in [-0.1, -0.05) is 24.3 Å². The molecule has 1 unspecified atom stereocenters. The molecule has 6 heteroatoms. The van der Waals surface area contributed by atoms with Crippen LogP contribution >= 0.6 is 0 Å². The van der Waals surface area contributed by atoms with Crippen molar-refractivity contribution in [3.63, 3.8) is 0 Å². The van der Waals surface area contributed by atoms with Crippen LogP contribution in [0.1, 0.15) is 70.0 Å². The van der Waals surface area contributed by atoms with Crippen LogP contribution in [0.25, 0.3) is 0 Å². The topological polar surface area (TPSA) is 87.9 Å². The number of hydrogen-bond donors (Lipinski definition) is 1. The largest absolute Gasteiger partial charge is 0.458 e. The Morgan fingerprint density at radius 1 is 1.28 bits per heavy atom. The van der Waals surface area contributed by atoms with Crippen molar-refractivity contribution in [1.29, 1.82) is 0 Å². The molecule has 1 saturated carbocycles. The second-order valence-electron chi connectivity index (χ2n) is 9.46. The summed E-state index contributed by atoms with van der Waals surface area (Å²) in [5.74, 6) is -0.328. The number of esters is 1. The van der Waals surface area contributed by atoms with E-state index in [0.29, 0.717) is 13.2 Å². The van der Waals surface area contributed by atoms with Gasteiger partial charge in [-0.25, -0.2) is 4.79 Å². The molecule has 2 aliphatic heterocycles. The summed E-state index contributed by atoms with van der Waals surface area (Å²) in [5, 5.41) is 0. The fourth-order valence-corrected chi connectivity index (χ4v) is 4.38. The third-order valence-corrected chi connectivity index (χ3v) is 6.13. The van der Waals surface area contributed by atoms with Crippen molar-refractivity contribution in [1.82, 2.24) is 0 Å². The zero-order chi connectivity index (χ0) is 21.1. The highest BCUT2D eigenvalue weighted by Gasteiger charge is 2.50. The molecule has 2 bridgehead atoms. The summed E-state index contributed by atoms with van der Waals surface area (Å²) in [6.07, 6.45) is 5.65. The molecule has 6 nitrogen and oxygen atoms in total. The number of hydrogen-bond acceptors (Lipinski definition) is 6. The molecule has 0 amide bonds. The lowest BCUT2D eigenvalue weighted by Gasteiger charge is -2.53. The minimum atomic E-state index is -0.597. The predicted molar refractivity (Wildman–Crippen MR) is 109 cm³/mol. The van der Waals surface area contributed by atoms with Crippen LogP contribution < -0.4 is 5.73 Å². The van der Waals surface area contributed by atoms with Crippen LogP contribution in [0.15, 0.2) is 24.3 Å². The summed E-state index contributed by atoms with van der Waals surface area (Å²) in [7, 11) is 0. The maximum atomic E-state index is 11.8. The lowest BCUT2D eigenvalue weighted by Crippen LogP contribution is -2.49. The molecule has 1 aliphatic carbocycles. The quantitative estimate of drug-likeness (QED) is 0.406. The van der Waals surface area contributed by atoms with Gasteiger partial charge < -0.3 is 24.7 Å². The molecular formula is C23H33NO5. The van der Waals surface area contributed by atoms with E-state index in [0.717, 1.165) is 49.5 Å². The maximum absolute atomic E-state index is 11.8. The number of carbonyl (C=O) groups is 2. The summed E-state index contributed by atoms with van der Waals surface area (Å²) in [6.45, 7) is 6.74. The molecule has 1 atom stereocenters. The van der Waals surface area contributed by atoms with Crippen LogP contribution in [-0.2, 0) is 29.4 Å². The lowest BCUT2D eigenvalue weighted by atomic mass is 9.63. The summed E-state index contributed by atoms with van der Waals surface area (Å²) in [6, 6.07) is 7.33. The molecule has 3 aliphatic rings. The van der Waals surface area contributed by atoms with Crippen molar-refractivity contribution < 1.29 is 23.8 Å². The van der Waals surface area contributed by atoms with E-state index in [-0.39, 0.29) is 23.6 Å². The number of aldehydes is 1. The van der Waals surface area contributed by atoms with Gasteiger partial charge in [0.2, 0.25) is 0 Å². The van der Waals surface area contributed by atoms with E-state index in [1.165, 1.54) is 0 Å². The van der Waals surface area contributed by atoms with Crippen molar-refractivity contribution in [2.24, 2.45) is 11.1 Å². The van der Waals surface area contributed by atoms with E-state index in [9.17, 15) is 9.59 Å². The summed E-state index contributed by atoms with van der Waals surface area (Å²) in [4.78, 5) is 22.8. The summed E-state index contributed by atoms with van der Waals surface area (Å²) >= 11 is 0. The third kappa shape index (κ3) is 5.24. The first-order chi connectivity index (χ1) is 13.7. The number of carbonyl (C=O) groups excluding carboxylic acids is 2. The standard InChI is InChI=1S/C23H33NO5/c1-21(2,3)29-20(26)15-27-12-11-22-7-9-23(10-8-22,28-16-22)18-6-4-5-17(13-18)19(24)14-25/h4-6,13-14,19H,7-12,15-16,24H2,1-3H3. The molecule has 2 N–H and O–H groups in total. The van der Waals surface area contributed by atoms with Crippen molar-refractivity contribution in [3.05, 3.63) is 35.4 Å². The highest BCUT2D eigenvalue weighted by molar-refractivity contribution is 5.71. The highest BCUT2D eigenvalue weighted by atomic mass is 16.6. The number of fused-ring (bicyclic) bond motifs is 3. The molecular weight excluding hydrogens is 370 g/mol. The van der Waals surface area contributed by atoms with Gasteiger partial charge in [-0.3, -0.25) is 0 Å². The Labute approximate surface area is 173 Å². The molecule has 1 aromatic rings. The van der Waals surface area contributed by atoms with Gasteiger partial charge in [0.15, 0.2) is 0 Å². The van der Waals surface area contributed by atoms with Gasteiger partial charge in [-0.15, -0.1) is 0 Å². The number of rotatable bonds is 8. The van der Waals surface area contributed by atoms with Crippen LogP contribution in [0.4, 0.5) is 0 Å². The summed E-state index contributed by atoms with van der Waals surface area (Å²) in [5.41, 5.74) is 7.16. The molecule has 3 fully saturated rings. The SMILES string of the molecule is CC(C)(C)OC(=O)COCCC12CCC(c3cccc(C(N)C=O)c3)(CC1)OC2. The van der Waals surface area contributed by atoms with E-state index in [4.69, 9.17) is 19.9 Å². The molecule has 1 aromatic carbocycles. The third-order valence-electron chi connectivity index (χ3n) is 6.13. The van der Waals surface area contributed by atoms with E-state index >= 15 is 0 Å². The Kier molecular flexibility index (Phi) is 6.46. The van der Waals surface area contributed by atoms with E-state index < -0.39 is 11.6 Å². The van der Waals surface area contributed by atoms with Crippen molar-refractivity contribution in [2.45, 2.75) is 70.1 Å². The zero-order valence-electron chi connectivity index (χ0n) is 17.7. The van der Waals surface area contributed by atoms with Gasteiger partial charge in [0.05, 0.1) is 18.2 Å². The predicted octanol–water partition coefficient (Wildman–Crippen LogP) is 3.42. The molecule has 160 valence electrons. The highest BCUT2D eigenvalue weighted by Crippen LogP contribution is 2.55. The van der Waals surface area contributed by atoms with Gasteiger partial charge in [0.25, 0.3) is 0 Å². The van der Waals surface area contributed by atoms with Crippen LogP contribution in [0.5, 0.6) is 0 Å². The lowest BCUT2D eigenvalue weighted by molar-refractivity contribution is -0.195. The van der Waals surface area contributed by atoms with Crippen molar-refractivity contribution in [3.8, 4) is 0 Å². The molecule has 2 saturated heterocycles. The maximum Gasteiger partial charge on any atom is 0.332 e. The van der Waals surface area contributed by atoms with Gasteiger partial charge in [-0.05, 0) is 69.4 Å². The minimum Gasteiger partial charge on any atom is -0.458 e. The Bertz CT molecular complexity index is 714. The second-order valence-corrected chi connectivity index (χ2v) is 9.46. The van der Waals surface area contributed by atoms with Crippen molar-refractivity contribution >= 4 is 12.3 Å². The van der Waals surface area contributed by atoms with Crippen molar-refractivity contribution in [2.75, 3.05) is 19.8 Å². The Balaban J connectivity index is 1.52. The van der Waals surface area contributed by atoms with Gasteiger partial charge >= 0.3 is 5.97 Å².